The Labute approximate surface area is 130 Å². The molecular formula is C15H23N5O2. The van der Waals surface area contributed by atoms with Crippen molar-refractivity contribution in [2.24, 2.45) is 0 Å². The molecule has 1 aliphatic rings. The molecule has 0 spiro atoms. The van der Waals surface area contributed by atoms with Crippen molar-refractivity contribution in [1.29, 1.82) is 0 Å². The topological polar surface area (TPSA) is 69.6 Å². The first-order valence-corrected chi connectivity index (χ1v) is 7.68. The average Bonchev–Trinajstić information content (AvgIpc) is 2.56. The Balaban J connectivity index is 2.07. The minimum Gasteiger partial charge on any atom is -0.357 e. The number of carbonyl (C=O) groups is 2. The number of carbonyl (C=O) groups excluding carboxylic acids is 2. The maximum Gasteiger partial charge on any atom is 0.272 e. The second-order valence-corrected chi connectivity index (χ2v) is 5.23. The van der Waals surface area contributed by atoms with Gasteiger partial charge in [-0.3, -0.25) is 9.59 Å². The van der Waals surface area contributed by atoms with E-state index in [0.717, 1.165) is 18.9 Å². The van der Waals surface area contributed by atoms with E-state index in [-0.39, 0.29) is 11.8 Å². The standard InChI is InChI=1S/C15H23N5O2/c1-4-18(5-2)14-10-13(16-11-17-14)15(22)20-8-6-19(7-9-20)12(3)21/h10-11H,4-9H2,1-3H3. The van der Waals surface area contributed by atoms with Crippen molar-refractivity contribution in [1.82, 2.24) is 19.8 Å². The first kappa shape index (κ1) is 16.2. The summed E-state index contributed by atoms with van der Waals surface area (Å²) in [6, 6.07) is 1.74. The lowest BCUT2D eigenvalue weighted by Crippen LogP contribution is -2.50. The number of piperazine rings is 1. The molecule has 2 rings (SSSR count). The van der Waals surface area contributed by atoms with Gasteiger partial charge in [-0.2, -0.15) is 0 Å². The molecule has 0 bridgehead atoms. The molecule has 0 unspecified atom stereocenters. The first-order chi connectivity index (χ1) is 10.6. The molecule has 7 heteroatoms. The van der Waals surface area contributed by atoms with Crippen LogP contribution in [0.2, 0.25) is 0 Å². The second kappa shape index (κ2) is 7.20. The van der Waals surface area contributed by atoms with Gasteiger partial charge in [-0.1, -0.05) is 0 Å². The fourth-order valence-electron chi connectivity index (χ4n) is 2.57. The molecule has 120 valence electrons. The van der Waals surface area contributed by atoms with E-state index in [2.05, 4.69) is 14.9 Å². The summed E-state index contributed by atoms with van der Waals surface area (Å²) in [5.74, 6) is 0.725. The third-order valence-corrected chi connectivity index (χ3v) is 3.97. The van der Waals surface area contributed by atoms with Crippen LogP contribution in [-0.2, 0) is 4.79 Å². The van der Waals surface area contributed by atoms with Crippen molar-refractivity contribution in [3.63, 3.8) is 0 Å². The quantitative estimate of drug-likeness (QED) is 0.816. The zero-order chi connectivity index (χ0) is 16.1. The summed E-state index contributed by atoms with van der Waals surface area (Å²) >= 11 is 0. The molecule has 1 saturated heterocycles. The minimum atomic E-state index is -0.0981. The molecule has 2 heterocycles. The molecule has 0 saturated carbocycles. The maximum atomic E-state index is 12.5. The van der Waals surface area contributed by atoms with E-state index in [1.54, 1.807) is 22.8 Å². The van der Waals surface area contributed by atoms with Crippen LogP contribution in [0.5, 0.6) is 0 Å². The molecule has 0 aliphatic carbocycles. The number of amides is 2. The van der Waals surface area contributed by atoms with Crippen molar-refractivity contribution in [2.75, 3.05) is 44.2 Å². The van der Waals surface area contributed by atoms with Crippen LogP contribution in [0.4, 0.5) is 5.82 Å². The van der Waals surface area contributed by atoms with E-state index in [1.165, 1.54) is 6.33 Å². The van der Waals surface area contributed by atoms with Crippen LogP contribution in [-0.4, -0.2) is 70.9 Å². The smallest absolute Gasteiger partial charge is 0.272 e. The van der Waals surface area contributed by atoms with E-state index in [0.29, 0.717) is 31.9 Å². The van der Waals surface area contributed by atoms with E-state index >= 15 is 0 Å². The van der Waals surface area contributed by atoms with Gasteiger partial charge in [0.05, 0.1) is 0 Å². The molecule has 0 atom stereocenters. The van der Waals surface area contributed by atoms with Crippen molar-refractivity contribution >= 4 is 17.6 Å². The third kappa shape index (κ3) is 3.52. The molecule has 0 aromatic carbocycles. The molecule has 1 aromatic heterocycles. The Bertz CT molecular complexity index is 536. The molecule has 0 radical (unpaired) electrons. The molecule has 1 aliphatic heterocycles. The van der Waals surface area contributed by atoms with Crippen LogP contribution in [0.3, 0.4) is 0 Å². The molecule has 22 heavy (non-hydrogen) atoms. The number of nitrogens with zero attached hydrogens (tertiary/aromatic N) is 5. The number of hydrogen-bond donors (Lipinski definition) is 0. The maximum absolute atomic E-state index is 12.5. The fraction of sp³-hybridized carbons (Fsp3) is 0.600. The lowest BCUT2D eigenvalue weighted by Gasteiger charge is -2.34. The highest BCUT2D eigenvalue weighted by Crippen LogP contribution is 2.13. The molecule has 7 nitrogen and oxygen atoms in total. The van der Waals surface area contributed by atoms with Gasteiger partial charge in [-0.05, 0) is 13.8 Å². The van der Waals surface area contributed by atoms with Crippen molar-refractivity contribution < 1.29 is 9.59 Å². The molecule has 0 N–H and O–H groups in total. The van der Waals surface area contributed by atoms with Gasteiger partial charge in [-0.15, -0.1) is 0 Å². The average molecular weight is 305 g/mol. The summed E-state index contributed by atoms with van der Waals surface area (Å²) in [6.07, 6.45) is 1.44. The Morgan fingerprint density at radius 3 is 2.23 bits per heavy atom. The van der Waals surface area contributed by atoms with Gasteiger partial charge >= 0.3 is 0 Å². The van der Waals surface area contributed by atoms with E-state index in [4.69, 9.17) is 0 Å². The highest BCUT2D eigenvalue weighted by atomic mass is 16.2. The van der Waals surface area contributed by atoms with Crippen LogP contribution >= 0.6 is 0 Å². The van der Waals surface area contributed by atoms with Crippen LogP contribution in [0.1, 0.15) is 31.3 Å². The van der Waals surface area contributed by atoms with Crippen LogP contribution in [0, 0.1) is 0 Å². The predicted molar refractivity (Wildman–Crippen MR) is 83.8 cm³/mol. The molecule has 2 amide bonds. The Kier molecular flexibility index (Phi) is 5.30. The Morgan fingerprint density at radius 2 is 1.68 bits per heavy atom. The van der Waals surface area contributed by atoms with Gasteiger partial charge in [0, 0.05) is 52.3 Å². The van der Waals surface area contributed by atoms with Gasteiger partial charge in [0.1, 0.15) is 17.8 Å². The monoisotopic (exact) mass is 305 g/mol. The zero-order valence-electron chi connectivity index (χ0n) is 13.4. The predicted octanol–water partition coefficient (Wildman–Crippen LogP) is 0.627. The van der Waals surface area contributed by atoms with Crippen LogP contribution < -0.4 is 4.90 Å². The zero-order valence-corrected chi connectivity index (χ0v) is 13.4. The van der Waals surface area contributed by atoms with E-state index < -0.39 is 0 Å². The van der Waals surface area contributed by atoms with Gasteiger partial charge in [-0.25, -0.2) is 9.97 Å². The number of hydrogen-bond acceptors (Lipinski definition) is 5. The normalized spacial score (nSPS) is 14.9. The lowest BCUT2D eigenvalue weighted by atomic mass is 10.2. The van der Waals surface area contributed by atoms with Gasteiger partial charge in [0.25, 0.3) is 5.91 Å². The molecule has 1 fully saturated rings. The summed E-state index contributed by atoms with van der Waals surface area (Å²) in [4.78, 5) is 37.8. The largest absolute Gasteiger partial charge is 0.357 e. The minimum absolute atomic E-state index is 0.0537. The van der Waals surface area contributed by atoms with Gasteiger partial charge in [0.2, 0.25) is 5.91 Å². The van der Waals surface area contributed by atoms with Gasteiger partial charge < -0.3 is 14.7 Å². The number of rotatable bonds is 4. The van der Waals surface area contributed by atoms with E-state index in [9.17, 15) is 9.59 Å². The third-order valence-electron chi connectivity index (χ3n) is 3.97. The lowest BCUT2D eigenvalue weighted by molar-refractivity contribution is -0.130. The SMILES string of the molecule is CCN(CC)c1cc(C(=O)N2CCN(C(C)=O)CC2)ncn1. The van der Waals surface area contributed by atoms with Crippen molar-refractivity contribution in [2.45, 2.75) is 20.8 Å². The fourth-order valence-corrected chi connectivity index (χ4v) is 2.57. The highest BCUT2D eigenvalue weighted by molar-refractivity contribution is 5.93. The van der Waals surface area contributed by atoms with E-state index in [1.807, 2.05) is 13.8 Å². The highest BCUT2D eigenvalue weighted by Gasteiger charge is 2.24. The molecule has 1 aromatic rings. The summed E-state index contributed by atoms with van der Waals surface area (Å²) in [7, 11) is 0. The molecular weight excluding hydrogens is 282 g/mol. The number of anilines is 1. The Morgan fingerprint density at radius 1 is 1.09 bits per heavy atom. The summed E-state index contributed by atoms with van der Waals surface area (Å²) in [5.41, 5.74) is 0.410. The first-order valence-electron chi connectivity index (χ1n) is 7.68. The van der Waals surface area contributed by atoms with Crippen molar-refractivity contribution in [3.8, 4) is 0 Å². The summed E-state index contributed by atoms with van der Waals surface area (Å²) < 4.78 is 0. The summed E-state index contributed by atoms with van der Waals surface area (Å²) in [5, 5.41) is 0. The van der Waals surface area contributed by atoms with Crippen LogP contribution in [0.25, 0.3) is 0 Å². The van der Waals surface area contributed by atoms with Crippen LogP contribution in [0.15, 0.2) is 12.4 Å². The summed E-state index contributed by atoms with van der Waals surface area (Å²) in [6.45, 7) is 9.56. The van der Waals surface area contributed by atoms with Crippen molar-refractivity contribution in [3.05, 3.63) is 18.1 Å². The second-order valence-electron chi connectivity index (χ2n) is 5.23. The van der Waals surface area contributed by atoms with Gasteiger partial charge in [0.15, 0.2) is 0 Å². The Hall–Kier alpha value is -2.18. The number of aromatic nitrogens is 2.